The molecule has 0 aliphatic rings. The molecule has 0 spiro atoms. The van der Waals surface area contributed by atoms with Crippen molar-refractivity contribution < 1.29 is 8.42 Å². The van der Waals surface area contributed by atoms with Crippen LogP contribution in [0.3, 0.4) is 0 Å². The van der Waals surface area contributed by atoms with Crippen molar-refractivity contribution in [3.63, 3.8) is 0 Å². The standard InChI is InChI=1S/C12H14N2O2S/c1-8(13)17(15,16)12-7-6-11(14)9-4-2-3-5-10(9)12/h2-8H,13-14H2,1H3. The summed E-state index contributed by atoms with van der Waals surface area (Å²) >= 11 is 0. The van der Waals surface area contributed by atoms with Gasteiger partial charge in [-0.3, -0.25) is 0 Å². The molecule has 0 bridgehead atoms. The SMILES string of the molecule is CC(N)S(=O)(=O)c1ccc(N)c2ccccc12. The lowest BCUT2D eigenvalue weighted by atomic mass is 10.1. The Labute approximate surface area is 100 Å². The first-order chi connectivity index (χ1) is 7.94. The smallest absolute Gasteiger partial charge is 0.194 e. The molecule has 90 valence electrons. The maximum absolute atomic E-state index is 12.1. The van der Waals surface area contributed by atoms with Crippen LogP contribution in [-0.4, -0.2) is 13.8 Å². The second-order valence-corrected chi connectivity index (χ2v) is 6.22. The van der Waals surface area contributed by atoms with Crippen LogP contribution in [0.5, 0.6) is 0 Å². The zero-order valence-corrected chi connectivity index (χ0v) is 10.2. The first-order valence-electron chi connectivity index (χ1n) is 5.21. The van der Waals surface area contributed by atoms with Crippen molar-refractivity contribution in [3.8, 4) is 0 Å². The number of fused-ring (bicyclic) bond motifs is 1. The van der Waals surface area contributed by atoms with Crippen molar-refractivity contribution in [2.45, 2.75) is 17.2 Å². The van der Waals surface area contributed by atoms with Gasteiger partial charge in [0.15, 0.2) is 9.84 Å². The summed E-state index contributed by atoms with van der Waals surface area (Å²) in [6.45, 7) is 1.46. The number of nitrogen functional groups attached to an aromatic ring is 1. The van der Waals surface area contributed by atoms with Crippen LogP contribution in [0.1, 0.15) is 6.92 Å². The molecule has 0 radical (unpaired) electrons. The van der Waals surface area contributed by atoms with Gasteiger partial charge in [0.25, 0.3) is 0 Å². The Morgan fingerprint density at radius 3 is 2.24 bits per heavy atom. The average Bonchev–Trinajstić information content (AvgIpc) is 2.29. The zero-order valence-electron chi connectivity index (χ0n) is 9.42. The van der Waals surface area contributed by atoms with Crippen LogP contribution < -0.4 is 11.5 Å². The molecular formula is C12H14N2O2S. The van der Waals surface area contributed by atoms with Crippen LogP contribution >= 0.6 is 0 Å². The van der Waals surface area contributed by atoms with Crippen molar-refractivity contribution in [2.24, 2.45) is 5.73 Å². The van der Waals surface area contributed by atoms with E-state index in [0.29, 0.717) is 11.1 Å². The molecule has 0 saturated heterocycles. The quantitative estimate of drug-likeness (QED) is 0.791. The first kappa shape index (κ1) is 11.9. The molecule has 2 aromatic carbocycles. The van der Waals surface area contributed by atoms with Crippen LogP contribution in [0.2, 0.25) is 0 Å². The summed E-state index contributed by atoms with van der Waals surface area (Å²) in [5, 5.41) is 0.411. The summed E-state index contributed by atoms with van der Waals surface area (Å²) < 4.78 is 24.2. The second-order valence-electron chi connectivity index (χ2n) is 3.95. The summed E-state index contributed by atoms with van der Waals surface area (Å²) in [5.41, 5.74) is 11.9. The number of sulfone groups is 1. The highest BCUT2D eigenvalue weighted by Crippen LogP contribution is 2.28. The molecule has 0 aliphatic heterocycles. The molecule has 0 aromatic heterocycles. The zero-order chi connectivity index (χ0) is 12.6. The van der Waals surface area contributed by atoms with Gasteiger partial charge in [-0.05, 0) is 19.1 Å². The molecule has 0 aliphatic carbocycles. The predicted octanol–water partition coefficient (Wildman–Crippen LogP) is 1.50. The molecule has 1 unspecified atom stereocenters. The number of benzene rings is 2. The predicted molar refractivity (Wildman–Crippen MR) is 69.2 cm³/mol. The van der Waals surface area contributed by atoms with Crippen LogP contribution in [0.4, 0.5) is 5.69 Å². The van der Waals surface area contributed by atoms with Gasteiger partial charge in [0.05, 0.1) is 4.90 Å². The number of anilines is 1. The number of nitrogens with two attached hydrogens (primary N) is 2. The highest BCUT2D eigenvalue weighted by Gasteiger charge is 2.22. The van der Waals surface area contributed by atoms with E-state index < -0.39 is 15.2 Å². The third kappa shape index (κ3) is 1.87. The Bertz CT molecular complexity index is 663. The number of rotatable bonds is 2. The summed E-state index contributed by atoms with van der Waals surface area (Å²) in [6, 6.07) is 10.2. The van der Waals surface area contributed by atoms with Crippen LogP contribution in [0.25, 0.3) is 10.8 Å². The van der Waals surface area contributed by atoms with Gasteiger partial charge in [-0.1, -0.05) is 24.3 Å². The van der Waals surface area contributed by atoms with E-state index >= 15 is 0 Å². The largest absolute Gasteiger partial charge is 0.398 e. The lowest BCUT2D eigenvalue weighted by molar-refractivity contribution is 0.586. The molecule has 4 N–H and O–H groups in total. The molecule has 0 heterocycles. The van der Waals surface area contributed by atoms with Crippen LogP contribution in [-0.2, 0) is 9.84 Å². The van der Waals surface area contributed by atoms with Crippen molar-refractivity contribution in [2.75, 3.05) is 5.73 Å². The molecule has 0 amide bonds. The van der Waals surface area contributed by atoms with Gasteiger partial charge in [-0.2, -0.15) is 0 Å². The van der Waals surface area contributed by atoms with Gasteiger partial charge in [0.1, 0.15) is 5.37 Å². The molecule has 17 heavy (non-hydrogen) atoms. The maximum atomic E-state index is 12.1. The molecule has 2 rings (SSSR count). The van der Waals surface area contributed by atoms with E-state index in [0.717, 1.165) is 5.39 Å². The topological polar surface area (TPSA) is 86.2 Å². The molecule has 0 fully saturated rings. The average molecular weight is 250 g/mol. The van der Waals surface area contributed by atoms with E-state index in [2.05, 4.69) is 0 Å². The van der Waals surface area contributed by atoms with Crippen molar-refractivity contribution in [3.05, 3.63) is 36.4 Å². The lowest BCUT2D eigenvalue weighted by Gasteiger charge is -2.12. The summed E-state index contributed by atoms with van der Waals surface area (Å²) in [5.74, 6) is 0. The van der Waals surface area contributed by atoms with E-state index in [1.807, 2.05) is 6.07 Å². The van der Waals surface area contributed by atoms with Gasteiger partial charge >= 0.3 is 0 Å². The number of hydrogen-bond donors (Lipinski definition) is 2. The lowest BCUT2D eigenvalue weighted by Crippen LogP contribution is -2.27. The van der Waals surface area contributed by atoms with E-state index in [1.54, 1.807) is 24.3 Å². The van der Waals surface area contributed by atoms with Crippen molar-refractivity contribution >= 4 is 26.3 Å². The van der Waals surface area contributed by atoms with Gasteiger partial charge in [-0.15, -0.1) is 0 Å². The Hall–Kier alpha value is -1.59. The fraction of sp³-hybridized carbons (Fsp3) is 0.167. The summed E-state index contributed by atoms with van der Waals surface area (Å²) in [6.07, 6.45) is 0. The van der Waals surface area contributed by atoms with Crippen LogP contribution in [0, 0.1) is 0 Å². The first-order valence-corrected chi connectivity index (χ1v) is 6.76. The Kier molecular flexibility index (Phi) is 2.81. The molecule has 0 saturated carbocycles. The molecule has 5 heteroatoms. The highest BCUT2D eigenvalue weighted by molar-refractivity contribution is 7.92. The van der Waals surface area contributed by atoms with E-state index in [4.69, 9.17) is 11.5 Å². The highest BCUT2D eigenvalue weighted by atomic mass is 32.2. The fourth-order valence-corrected chi connectivity index (χ4v) is 2.89. The summed E-state index contributed by atoms with van der Waals surface area (Å²) in [4.78, 5) is 0.234. The van der Waals surface area contributed by atoms with E-state index in [9.17, 15) is 8.42 Å². The third-order valence-electron chi connectivity index (χ3n) is 2.71. The molecular weight excluding hydrogens is 236 g/mol. The van der Waals surface area contributed by atoms with Crippen molar-refractivity contribution in [1.29, 1.82) is 0 Å². The van der Waals surface area contributed by atoms with E-state index in [-0.39, 0.29) is 4.90 Å². The van der Waals surface area contributed by atoms with Gasteiger partial charge < -0.3 is 11.5 Å². The second kappa shape index (κ2) is 4.01. The van der Waals surface area contributed by atoms with Gasteiger partial charge in [-0.25, -0.2) is 8.42 Å². The minimum absolute atomic E-state index is 0.234. The Balaban J connectivity index is 2.86. The minimum atomic E-state index is -3.50. The Morgan fingerprint density at radius 2 is 1.65 bits per heavy atom. The van der Waals surface area contributed by atoms with Crippen molar-refractivity contribution in [1.82, 2.24) is 0 Å². The van der Waals surface area contributed by atoms with E-state index in [1.165, 1.54) is 13.0 Å². The monoisotopic (exact) mass is 250 g/mol. The van der Waals surface area contributed by atoms with Gasteiger partial charge in [0, 0.05) is 16.5 Å². The molecule has 2 aromatic rings. The normalized spacial score (nSPS) is 13.8. The Morgan fingerprint density at radius 1 is 1.06 bits per heavy atom. The minimum Gasteiger partial charge on any atom is -0.398 e. The third-order valence-corrected chi connectivity index (χ3v) is 4.66. The molecule has 4 nitrogen and oxygen atoms in total. The molecule has 1 atom stereocenters. The number of hydrogen-bond acceptors (Lipinski definition) is 4. The van der Waals surface area contributed by atoms with Crippen LogP contribution in [0.15, 0.2) is 41.3 Å². The fourth-order valence-electron chi connectivity index (χ4n) is 1.74. The van der Waals surface area contributed by atoms with Gasteiger partial charge in [0.2, 0.25) is 0 Å². The summed E-state index contributed by atoms with van der Waals surface area (Å²) in [7, 11) is -3.50. The maximum Gasteiger partial charge on any atom is 0.194 e.